The average Bonchev–Trinajstić information content (AvgIpc) is 3.29. The van der Waals surface area contributed by atoms with Crippen LogP contribution in [0, 0.1) is 0 Å². The second-order valence-corrected chi connectivity index (χ2v) is 6.95. The molecular weight excluding hydrogens is 368 g/mol. The Kier molecular flexibility index (Phi) is 3.98. The predicted octanol–water partition coefficient (Wildman–Crippen LogP) is 3.90. The lowest BCUT2D eigenvalue weighted by Gasteiger charge is -2.12. The maximum absolute atomic E-state index is 12.7. The number of nitrogens with one attached hydrogen (secondary N) is 2. The highest BCUT2D eigenvalue weighted by atomic mass is 16.5. The number of para-hydroxylation sites is 1. The van der Waals surface area contributed by atoms with Gasteiger partial charge in [0.15, 0.2) is 0 Å². The monoisotopic (exact) mass is 386 g/mol. The molecule has 29 heavy (non-hydrogen) atoms. The Bertz CT molecular complexity index is 1190. The summed E-state index contributed by atoms with van der Waals surface area (Å²) < 4.78 is 10.5. The van der Waals surface area contributed by atoms with Crippen molar-refractivity contribution in [1.29, 1.82) is 0 Å². The van der Waals surface area contributed by atoms with Crippen molar-refractivity contribution in [2.75, 3.05) is 19.0 Å². The van der Waals surface area contributed by atoms with Crippen LogP contribution in [-0.2, 0) is 16.0 Å². The minimum absolute atomic E-state index is 0.168. The first-order valence-corrected chi connectivity index (χ1v) is 9.34. The number of methoxy groups -OCH3 is 1. The van der Waals surface area contributed by atoms with Gasteiger partial charge in [-0.05, 0) is 29.3 Å². The molecule has 1 amide bonds. The minimum Gasteiger partial charge on any atom is -0.496 e. The van der Waals surface area contributed by atoms with Crippen LogP contribution in [0.1, 0.15) is 27.2 Å². The fraction of sp³-hybridized carbons (Fsp3) is 0.130. The number of carbonyl (C=O) groups excluding carboxylic acids is 2. The number of rotatable bonds is 3. The van der Waals surface area contributed by atoms with E-state index in [9.17, 15) is 9.59 Å². The number of esters is 1. The van der Waals surface area contributed by atoms with E-state index >= 15 is 0 Å². The van der Waals surface area contributed by atoms with E-state index in [4.69, 9.17) is 9.47 Å². The minimum atomic E-state index is -0.329. The molecule has 0 unspecified atom stereocenters. The van der Waals surface area contributed by atoms with Gasteiger partial charge >= 0.3 is 5.97 Å². The van der Waals surface area contributed by atoms with Crippen molar-refractivity contribution >= 4 is 29.2 Å². The van der Waals surface area contributed by atoms with E-state index < -0.39 is 0 Å². The van der Waals surface area contributed by atoms with Gasteiger partial charge in [0.05, 0.1) is 24.9 Å². The number of benzene rings is 2. The maximum Gasteiger partial charge on any atom is 0.339 e. The summed E-state index contributed by atoms with van der Waals surface area (Å²) in [5, 5.41) is 2.94. The van der Waals surface area contributed by atoms with Crippen LogP contribution in [-0.4, -0.2) is 30.6 Å². The van der Waals surface area contributed by atoms with Crippen molar-refractivity contribution in [3.8, 4) is 16.9 Å². The number of cyclic esters (lactones) is 1. The molecule has 0 saturated carbocycles. The van der Waals surface area contributed by atoms with Crippen LogP contribution in [0.2, 0.25) is 0 Å². The van der Waals surface area contributed by atoms with E-state index in [1.165, 1.54) is 0 Å². The molecule has 0 bridgehead atoms. The molecule has 6 nitrogen and oxygen atoms in total. The quantitative estimate of drug-likeness (QED) is 0.529. The highest BCUT2D eigenvalue weighted by Gasteiger charge is 2.27. The van der Waals surface area contributed by atoms with E-state index in [0.717, 1.165) is 39.4 Å². The van der Waals surface area contributed by atoms with Crippen LogP contribution < -0.4 is 10.1 Å². The average molecular weight is 386 g/mol. The zero-order chi connectivity index (χ0) is 20.0. The van der Waals surface area contributed by atoms with Gasteiger partial charge in [-0.2, -0.15) is 0 Å². The smallest absolute Gasteiger partial charge is 0.339 e. The van der Waals surface area contributed by atoms with E-state index in [1.54, 1.807) is 19.4 Å². The Labute approximate surface area is 167 Å². The molecule has 6 heteroatoms. The normalized spacial score (nSPS) is 16.2. The van der Waals surface area contributed by atoms with Crippen molar-refractivity contribution in [3.05, 3.63) is 71.0 Å². The molecule has 0 radical (unpaired) electrons. The number of H-pyrrole nitrogens is 1. The van der Waals surface area contributed by atoms with Crippen molar-refractivity contribution in [1.82, 2.24) is 4.98 Å². The summed E-state index contributed by atoms with van der Waals surface area (Å²) >= 11 is 0. The molecule has 0 fully saturated rings. The van der Waals surface area contributed by atoms with Crippen LogP contribution >= 0.6 is 0 Å². The number of anilines is 1. The summed E-state index contributed by atoms with van der Waals surface area (Å²) in [5.41, 5.74) is 6.26. The van der Waals surface area contributed by atoms with Gasteiger partial charge in [-0.1, -0.05) is 30.3 Å². The summed E-state index contributed by atoms with van der Waals surface area (Å²) in [4.78, 5) is 27.6. The van der Waals surface area contributed by atoms with Gasteiger partial charge in [-0.15, -0.1) is 0 Å². The number of aromatic amines is 1. The van der Waals surface area contributed by atoms with Gasteiger partial charge in [-0.25, -0.2) is 4.79 Å². The van der Waals surface area contributed by atoms with Crippen LogP contribution in [0.15, 0.2) is 48.7 Å². The van der Waals surface area contributed by atoms with Gasteiger partial charge in [0.1, 0.15) is 5.75 Å². The van der Waals surface area contributed by atoms with E-state index in [-0.39, 0.29) is 11.9 Å². The lowest BCUT2D eigenvalue weighted by molar-refractivity contribution is -0.110. The fourth-order valence-electron chi connectivity index (χ4n) is 3.91. The number of hydrogen-bond acceptors (Lipinski definition) is 4. The second kappa shape index (κ2) is 6.67. The van der Waals surface area contributed by atoms with Crippen LogP contribution in [0.5, 0.6) is 5.75 Å². The van der Waals surface area contributed by atoms with Crippen LogP contribution in [0.25, 0.3) is 22.8 Å². The van der Waals surface area contributed by atoms with Gasteiger partial charge in [0, 0.05) is 35.1 Å². The van der Waals surface area contributed by atoms with Crippen molar-refractivity contribution < 1.29 is 19.1 Å². The molecule has 2 N–H and O–H groups in total. The molecule has 2 aliphatic rings. The molecular formula is C23H18N2O4. The van der Waals surface area contributed by atoms with E-state index in [0.29, 0.717) is 24.2 Å². The summed E-state index contributed by atoms with van der Waals surface area (Å²) in [5.74, 6) is 0.279. The molecule has 144 valence electrons. The van der Waals surface area contributed by atoms with E-state index in [1.807, 2.05) is 42.5 Å². The molecule has 5 rings (SSSR count). The Morgan fingerprint density at radius 1 is 1.07 bits per heavy atom. The van der Waals surface area contributed by atoms with Gasteiger partial charge in [0.2, 0.25) is 0 Å². The SMILES string of the molecule is COc1ccccc1-c1ccc2c(c1)NC(=O)/C2=C\c1[nH]cc2c1CCOC2=O. The third-order valence-corrected chi connectivity index (χ3v) is 5.34. The second-order valence-electron chi connectivity index (χ2n) is 6.95. The Morgan fingerprint density at radius 2 is 1.93 bits per heavy atom. The maximum atomic E-state index is 12.7. The van der Waals surface area contributed by atoms with Crippen LogP contribution in [0.4, 0.5) is 5.69 Å². The highest BCUT2D eigenvalue weighted by Crippen LogP contribution is 2.38. The predicted molar refractivity (Wildman–Crippen MR) is 110 cm³/mol. The van der Waals surface area contributed by atoms with Crippen LogP contribution in [0.3, 0.4) is 0 Å². The first kappa shape index (κ1) is 17.3. The number of ether oxygens (including phenoxy) is 2. The van der Waals surface area contributed by atoms with Gasteiger partial charge in [0.25, 0.3) is 5.91 Å². The summed E-state index contributed by atoms with van der Waals surface area (Å²) in [6.07, 6.45) is 4.08. The van der Waals surface area contributed by atoms with E-state index in [2.05, 4.69) is 10.3 Å². The molecule has 0 atom stereocenters. The molecule has 1 aromatic heterocycles. The fourth-order valence-corrected chi connectivity index (χ4v) is 3.91. The van der Waals surface area contributed by atoms with Gasteiger partial charge in [-0.3, -0.25) is 4.79 Å². The van der Waals surface area contributed by atoms with Crippen molar-refractivity contribution in [2.45, 2.75) is 6.42 Å². The first-order chi connectivity index (χ1) is 14.2. The Balaban J connectivity index is 1.56. The summed E-state index contributed by atoms with van der Waals surface area (Å²) in [6, 6.07) is 13.6. The third kappa shape index (κ3) is 2.81. The summed E-state index contributed by atoms with van der Waals surface area (Å²) in [6.45, 7) is 0.352. The molecule has 2 aliphatic heterocycles. The molecule has 0 spiro atoms. The number of aromatic nitrogens is 1. The topological polar surface area (TPSA) is 80.4 Å². The zero-order valence-electron chi connectivity index (χ0n) is 15.7. The molecule has 0 saturated heterocycles. The molecule has 0 aliphatic carbocycles. The van der Waals surface area contributed by atoms with Gasteiger partial charge < -0.3 is 19.8 Å². The summed E-state index contributed by atoms with van der Waals surface area (Å²) in [7, 11) is 1.64. The highest BCUT2D eigenvalue weighted by molar-refractivity contribution is 6.35. The number of hydrogen-bond donors (Lipinski definition) is 2. The number of carbonyl (C=O) groups is 2. The Hall–Kier alpha value is -3.80. The largest absolute Gasteiger partial charge is 0.496 e. The molecule has 3 aromatic rings. The lowest BCUT2D eigenvalue weighted by atomic mass is 9.98. The number of fused-ring (bicyclic) bond motifs is 2. The molecule has 2 aromatic carbocycles. The van der Waals surface area contributed by atoms with Crippen molar-refractivity contribution in [3.63, 3.8) is 0 Å². The van der Waals surface area contributed by atoms with Crippen molar-refractivity contribution in [2.24, 2.45) is 0 Å². The Morgan fingerprint density at radius 3 is 2.79 bits per heavy atom. The zero-order valence-corrected chi connectivity index (χ0v) is 15.7. The number of amides is 1. The first-order valence-electron chi connectivity index (χ1n) is 9.34. The lowest BCUT2D eigenvalue weighted by Crippen LogP contribution is -2.16. The molecule has 3 heterocycles. The standard InChI is InChI=1S/C23H18N2O4/c1-28-21-5-3-2-4-14(21)13-6-7-15-17(22(26)25-20(15)10-13)11-19-16-8-9-29-23(27)18(16)12-24-19/h2-7,10-12,24H,8-9H2,1H3,(H,25,26)/b17-11-. The third-order valence-electron chi connectivity index (χ3n) is 5.34.